The van der Waals surface area contributed by atoms with Crippen molar-refractivity contribution in [3.63, 3.8) is 0 Å². The van der Waals surface area contributed by atoms with Crippen molar-refractivity contribution in [2.24, 2.45) is 5.73 Å². The maximum Gasteiger partial charge on any atom is 0.231 e. The van der Waals surface area contributed by atoms with Gasteiger partial charge in [0, 0.05) is 6.54 Å². The summed E-state index contributed by atoms with van der Waals surface area (Å²) in [4.78, 5) is 0. The molecule has 4 nitrogen and oxygen atoms in total. The summed E-state index contributed by atoms with van der Waals surface area (Å²) in [6.45, 7) is 1.28. The predicted octanol–water partition coefficient (Wildman–Crippen LogP) is 2.61. The molecule has 0 radical (unpaired) electrons. The first-order chi connectivity index (χ1) is 9.86. The lowest BCUT2D eigenvalue weighted by Gasteiger charge is -2.15. The van der Waals surface area contributed by atoms with Gasteiger partial charge in [0.1, 0.15) is 0 Å². The van der Waals surface area contributed by atoms with E-state index in [1.807, 2.05) is 24.3 Å². The number of hydrogen-bond acceptors (Lipinski definition) is 4. The molecule has 2 N–H and O–H groups in total. The zero-order valence-electron chi connectivity index (χ0n) is 11.0. The van der Waals surface area contributed by atoms with E-state index in [4.69, 9.17) is 19.9 Å². The van der Waals surface area contributed by atoms with Crippen LogP contribution in [0.2, 0.25) is 0 Å². The lowest BCUT2D eigenvalue weighted by Crippen LogP contribution is -2.15. The average molecular weight is 269 g/mol. The molecule has 2 aliphatic heterocycles. The van der Waals surface area contributed by atoms with Gasteiger partial charge in [-0.15, -0.1) is 0 Å². The Hall–Kier alpha value is -2.04. The Morgan fingerprint density at radius 2 is 1.85 bits per heavy atom. The molecular formula is C16H15NO3. The fourth-order valence-electron chi connectivity index (χ4n) is 2.85. The largest absolute Gasteiger partial charge is 0.454 e. The van der Waals surface area contributed by atoms with E-state index in [0.717, 1.165) is 33.8 Å². The smallest absolute Gasteiger partial charge is 0.231 e. The van der Waals surface area contributed by atoms with Crippen LogP contribution < -0.4 is 15.2 Å². The van der Waals surface area contributed by atoms with Gasteiger partial charge >= 0.3 is 0 Å². The summed E-state index contributed by atoms with van der Waals surface area (Å²) >= 11 is 0. The third-order valence-electron chi connectivity index (χ3n) is 3.85. The molecule has 0 unspecified atom stereocenters. The summed E-state index contributed by atoms with van der Waals surface area (Å²) in [5, 5.41) is 0. The summed E-state index contributed by atoms with van der Waals surface area (Å²) < 4.78 is 16.9. The molecule has 1 atom stereocenters. The Morgan fingerprint density at radius 3 is 2.70 bits per heavy atom. The molecule has 102 valence electrons. The molecule has 0 aromatic heterocycles. The quantitative estimate of drug-likeness (QED) is 0.864. The van der Waals surface area contributed by atoms with E-state index in [2.05, 4.69) is 12.1 Å². The Labute approximate surface area is 117 Å². The highest BCUT2D eigenvalue weighted by Crippen LogP contribution is 2.43. The molecule has 0 fully saturated rings. The van der Waals surface area contributed by atoms with Crippen LogP contribution in [0.25, 0.3) is 11.1 Å². The summed E-state index contributed by atoms with van der Waals surface area (Å²) in [5.41, 5.74) is 10.4. The number of benzene rings is 2. The van der Waals surface area contributed by atoms with Crippen molar-refractivity contribution in [1.29, 1.82) is 0 Å². The van der Waals surface area contributed by atoms with E-state index < -0.39 is 0 Å². The third-order valence-corrected chi connectivity index (χ3v) is 3.85. The number of hydrogen-bond donors (Lipinski definition) is 1. The van der Waals surface area contributed by atoms with Crippen LogP contribution in [0, 0.1) is 0 Å². The zero-order valence-corrected chi connectivity index (χ0v) is 11.0. The van der Waals surface area contributed by atoms with Crippen molar-refractivity contribution in [3.8, 4) is 22.6 Å². The van der Waals surface area contributed by atoms with Gasteiger partial charge in [0.05, 0.1) is 12.7 Å². The first-order valence-corrected chi connectivity index (χ1v) is 6.70. The van der Waals surface area contributed by atoms with Crippen molar-refractivity contribution in [1.82, 2.24) is 0 Å². The number of ether oxygens (including phenoxy) is 3. The van der Waals surface area contributed by atoms with E-state index in [0.29, 0.717) is 13.2 Å². The van der Waals surface area contributed by atoms with Crippen molar-refractivity contribution in [2.45, 2.75) is 12.7 Å². The monoisotopic (exact) mass is 269 g/mol. The molecule has 0 bridgehead atoms. The Balaban J connectivity index is 1.94. The molecule has 2 aliphatic rings. The van der Waals surface area contributed by atoms with Gasteiger partial charge in [-0.2, -0.15) is 0 Å². The first-order valence-electron chi connectivity index (χ1n) is 6.70. The van der Waals surface area contributed by atoms with Gasteiger partial charge in [-0.25, -0.2) is 0 Å². The molecule has 2 heterocycles. The summed E-state index contributed by atoms with van der Waals surface area (Å²) in [6.07, 6.45) is -0.0738. The maximum absolute atomic E-state index is 5.94. The van der Waals surface area contributed by atoms with Crippen LogP contribution in [0.3, 0.4) is 0 Å². The van der Waals surface area contributed by atoms with Gasteiger partial charge in [-0.1, -0.05) is 24.3 Å². The second-order valence-electron chi connectivity index (χ2n) is 4.99. The molecule has 4 heteroatoms. The van der Waals surface area contributed by atoms with E-state index in [9.17, 15) is 0 Å². The van der Waals surface area contributed by atoms with Gasteiger partial charge in [0.25, 0.3) is 0 Å². The minimum absolute atomic E-state index is 0.0738. The van der Waals surface area contributed by atoms with Crippen molar-refractivity contribution in [3.05, 3.63) is 47.5 Å². The van der Waals surface area contributed by atoms with Crippen LogP contribution in [0.15, 0.2) is 36.4 Å². The van der Waals surface area contributed by atoms with Crippen molar-refractivity contribution >= 4 is 0 Å². The number of rotatable bonds is 1. The highest BCUT2D eigenvalue weighted by Gasteiger charge is 2.25. The Bertz CT molecular complexity index is 669. The topological polar surface area (TPSA) is 53.7 Å². The minimum Gasteiger partial charge on any atom is -0.454 e. The SMILES string of the molecule is NC[C@@H]1OCc2cc3c(cc2-c2ccccc21)OCO3. The second-order valence-corrected chi connectivity index (χ2v) is 4.99. The van der Waals surface area contributed by atoms with Gasteiger partial charge in [0.15, 0.2) is 11.5 Å². The number of nitrogens with two attached hydrogens (primary N) is 1. The second kappa shape index (κ2) is 4.51. The van der Waals surface area contributed by atoms with Gasteiger partial charge < -0.3 is 19.9 Å². The van der Waals surface area contributed by atoms with Gasteiger partial charge in [-0.05, 0) is 34.4 Å². The van der Waals surface area contributed by atoms with Crippen molar-refractivity contribution in [2.75, 3.05) is 13.3 Å². The minimum atomic E-state index is -0.0738. The highest BCUT2D eigenvalue weighted by molar-refractivity contribution is 5.75. The Kier molecular flexibility index (Phi) is 2.65. The summed E-state index contributed by atoms with van der Waals surface area (Å²) in [5.74, 6) is 1.58. The molecule has 0 saturated heterocycles. The third kappa shape index (κ3) is 1.69. The molecular weight excluding hydrogens is 254 g/mol. The molecule has 20 heavy (non-hydrogen) atoms. The van der Waals surface area contributed by atoms with Crippen LogP contribution in [0.5, 0.6) is 11.5 Å². The molecule has 2 aromatic carbocycles. The van der Waals surface area contributed by atoms with Crippen LogP contribution >= 0.6 is 0 Å². The predicted molar refractivity (Wildman–Crippen MR) is 74.6 cm³/mol. The van der Waals surface area contributed by atoms with Crippen LogP contribution in [-0.4, -0.2) is 13.3 Å². The van der Waals surface area contributed by atoms with Crippen LogP contribution in [0.1, 0.15) is 17.2 Å². The number of fused-ring (bicyclic) bond motifs is 4. The lowest BCUT2D eigenvalue weighted by atomic mass is 9.94. The molecule has 0 aliphatic carbocycles. The van der Waals surface area contributed by atoms with Crippen LogP contribution in [-0.2, 0) is 11.3 Å². The molecule has 0 spiro atoms. The lowest BCUT2D eigenvalue weighted by molar-refractivity contribution is 0.0480. The molecule has 4 rings (SSSR count). The molecule has 2 aromatic rings. The summed E-state index contributed by atoms with van der Waals surface area (Å²) in [7, 11) is 0. The van der Waals surface area contributed by atoms with E-state index >= 15 is 0 Å². The molecule has 0 saturated carbocycles. The molecule has 0 amide bonds. The van der Waals surface area contributed by atoms with Gasteiger partial charge in [-0.3, -0.25) is 0 Å². The van der Waals surface area contributed by atoms with Crippen molar-refractivity contribution < 1.29 is 14.2 Å². The highest BCUT2D eigenvalue weighted by atomic mass is 16.7. The average Bonchev–Trinajstić information content (AvgIpc) is 2.88. The summed E-state index contributed by atoms with van der Waals surface area (Å²) in [6, 6.07) is 12.3. The van der Waals surface area contributed by atoms with E-state index in [1.54, 1.807) is 0 Å². The zero-order chi connectivity index (χ0) is 13.5. The Morgan fingerprint density at radius 1 is 1.05 bits per heavy atom. The van der Waals surface area contributed by atoms with Gasteiger partial charge in [0.2, 0.25) is 6.79 Å². The standard InChI is InChI=1S/C16H15NO3/c17-7-16-12-4-2-1-3-11(12)13-6-15-14(19-9-20-15)5-10(13)8-18-16/h1-6,16H,7-9,17H2/t16-/m0/s1. The fraction of sp³-hybridized carbons (Fsp3) is 0.250. The normalized spacial score (nSPS) is 19.1. The van der Waals surface area contributed by atoms with E-state index in [-0.39, 0.29) is 12.9 Å². The van der Waals surface area contributed by atoms with E-state index in [1.165, 1.54) is 0 Å². The fourth-order valence-corrected chi connectivity index (χ4v) is 2.85. The first kappa shape index (κ1) is 11.8. The van der Waals surface area contributed by atoms with Crippen LogP contribution in [0.4, 0.5) is 0 Å². The maximum atomic E-state index is 5.94.